The van der Waals surface area contributed by atoms with Crippen LogP contribution in [-0.2, 0) is 14.2 Å². The van der Waals surface area contributed by atoms with Crippen LogP contribution in [0.1, 0.15) is 33.6 Å². The van der Waals surface area contributed by atoms with Gasteiger partial charge >= 0.3 is 0 Å². The highest BCUT2D eigenvalue weighted by Gasteiger charge is 2.00. The van der Waals surface area contributed by atoms with Gasteiger partial charge in [0.15, 0.2) is 0 Å². The number of hydrogen-bond donors (Lipinski definition) is 1. The molecule has 1 N–H and O–H groups in total. The molecule has 0 aromatic heterocycles. The van der Waals surface area contributed by atoms with Crippen LogP contribution in [0.4, 0.5) is 0 Å². The van der Waals surface area contributed by atoms with Crippen LogP contribution in [0.5, 0.6) is 0 Å². The maximum absolute atomic E-state index is 5.56. The van der Waals surface area contributed by atoms with E-state index in [-0.39, 0.29) is 6.10 Å². The van der Waals surface area contributed by atoms with Gasteiger partial charge in [0.05, 0.1) is 25.9 Å². The summed E-state index contributed by atoms with van der Waals surface area (Å²) in [5.74, 6) is 0. The summed E-state index contributed by atoms with van der Waals surface area (Å²) in [6.07, 6.45) is 2.52. The molecule has 0 rings (SSSR count). The topological polar surface area (TPSA) is 39.7 Å². The Morgan fingerprint density at radius 2 is 1.76 bits per heavy atom. The van der Waals surface area contributed by atoms with Gasteiger partial charge in [-0.25, -0.2) is 0 Å². The number of nitrogens with one attached hydrogen (secondary N) is 1. The molecule has 0 aromatic carbocycles. The van der Waals surface area contributed by atoms with Crippen LogP contribution in [0.3, 0.4) is 0 Å². The van der Waals surface area contributed by atoms with Crippen LogP contribution < -0.4 is 5.32 Å². The lowest BCUT2D eigenvalue weighted by atomic mass is 10.4. The second-order valence-corrected chi connectivity index (χ2v) is 4.06. The highest BCUT2D eigenvalue weighted by Crippen LogP contribution is 1.91. The van der Waals surface area contributed by atoms with Gasteiger partial charge in [-0.05, 0) is 20.3 Å². The van der Waals surface area contributed by atoms with E-state index in [0.717, 1.165) is 45.9 Å². The van der Waals surface area contributed by atoms with Crippen molar-refractivity contribution in [3.05, 3.63) is 0 Å². The van der Waals surface area contributed by atoms with Gasteiger partial charge in [-0.1, -0.05) is 13.3 Å². The molecule has 17 heavy (non-hydrogen) atoms. The number of unbranched alkanes of at least 4 members (excludes halogenated alkanes) is 1. The zero-order chi connectivity index (χ0) is 12.8. The van der Waals surface area contributed by atoms with E-state index in [1.54, 1.807) is 0 Å². The van der Waals surface area contributed by atoms with Crippen molar-refractivity contribution >= 4 is 0 Å². The predicted molar refractivity (Wildman–Crippen MR) is 70.5 cm³/mol. The standard InChI is InChI=1S/C13H29NO3/c1-4-6-9-16-10-7-14-8-11-17-13(3)12-15-5-2/h13-14H,4-12H2,1-3H3. The fourth-order valence-corrected chi connectivity index (χ4v) is 1.28. The predicted octanol–water partition coefficient (Wildman–Crippen LogP) is 1.83. The Bertz CT molecular complexity index is 145. The monoisotopic (exact) mass is 247 g/mol. The van der Waals surface area contributed by atoms with Gasteiger partial charge in [0.25, 0.3) is 0 Å². The van der Waals surface area contributed by atoms with Gasteiger partial charge in [0, 0.05) is 26.3 Å². The lowest BCUT2D eigenvalue weighted by Gasteiger charge is -2.13. The highest BCUT2D eigenvalue weighted by molar-refractivity contribution is 4.50. The first-order valence-corrected chi connectivity index (χ1v) is 6.79. The second kappa shape index (κ2) is 13.9. The Morgan fingerprint density at radius 1 is 1.00 bits per heavy atom. The molecule has 0 radical (unpaired) electrons. The molecule has 0 aliphatic heterocycles. The highest BCUT2D eigenvalue weighted by atomic mass is 16.5. The maximum atomic E-state index is 5.56. The number of rotatable bonds is 13. The van der Waals surface area contributed by atoms with E-state index in [1.165, 1.54) is 6.42 Å². The molecule has 0 aromatic rings. The van der Waals surface area contributed by atoms with Crippen LogP contribution in [0.25, 0.3) is 0 Å². The lowest BCUT2D eigenvalue weighted by Crippen LogP contribution is -2.27. The smallest absolute Gasteiger partial charge is 0.0781 e. The molecule has 0 bridgehead atoms. The third-order valence-corrected chi connectivity index (χ3v) is 2.30. The van der Waals surface area contributed by atoms with Gasteiger partial charge in [-0.2, -0.15) is 0 Å². The molecule has 0 aliphatic rings. The van der Waals surface area contributed by atoms with Crippen molar-refractivity contribution in [2.24, 2.45) is 0 Å². The summed E-state index contributed by atoms with van der Waals surface area (Å²) < 4.78 is 16.3. The van der Waals surface area contributed by atoms with E-state index < -0.39 is 0 Å². The van der Waals surface area contributed by atoms with Crippen LogP contribution >= 0.6 is 0 Å². The van der Waals surface area contributed by atoms with Gasteiger partial charge in [-0.15, -0.1) is 0 Å². The van der Waals surface area contributed by atoms with Crippen molar-refractivity contribution in [3.8, 4) is 0 Å². The van der Waals surface area contributed by atoms with Crippen molar-refractivity contribution in [2.75, 3.05) is 46.1 Å². The Balaban J connectivity index is 3.02. The van der Waals surface area contributed by atoms with Crippen molar-refractivity contribution < 1.29 is 14.2 Å². The zero-order valence-electron chi connectivity index (χ0n) is 11.7. The van der Waals surface area contributed by atoms with Crippen molar-refractivity contribution in [1.82, 2.24) is 5.32 Å². The quantitative estimate of drug-likeness (QED) is 0.504. The molecular weight excluding hydrogens is 218 g/mol. The Labute approximate surface area is 106 Å². The molecule has 4 nitrogen and oxygen atoms in total. The Kier molecular flexibility index (Phi) is 13.8. The van der Waals surface area contributed by atoms with Gasteiger partial charge in [0.2, 0.25) is 0 Å². The first kappa shape index (κ1) is 16.8. The SMILES string of the molecule is CCCCOCCNCCOC(C)COCC. The summed E-state index contributed by atoms with van der Waals surface area (Å²) in [5.41, 5.74) is 0. The minimum absolute atomic E-state index is 0.178. The zero-order valence-corrected chi connectivity index (χ0v) is 11.7. The van der Waals surface area contributed by atoms with E-state index >= 15 is 0 Å². The van der Waals surface area contributed by atoms with E-state index in [1.807, 2.05) is 13.8 Å². The number of ether oxygens (including phenoxy) is 3. The van der Waals surface area contributed by atoms with Gasteiger partial charge in [0.1, 0.15) is 0 Å². The molecule has 0 amide bonds. The molecule has 4 heteroatoms. The van der Waals surface area contributed by atoms with E-state index in [2.05, 4.69) is 12.2 Å². The minimum Gasteiger partial charge on any atom is -0.380 e. The molecule has 0 spiro atoms. The second-order valence-electron chi connectivity index (χ2n) is 4.06. The maximum Gasteiger partial charge on any atom is 0.0781 e. The van der Waals surface area contributed by atoms with Crippen molar-refractivity contribution in [1.29, 1.82) is 0 Å². The van der Waals surface area contributed by atoms with Crippen LogP contribution in [-0.4, -0.2) is 52.2 Å². The van der Waals surface area contributed by atoms with Crippen LogP contribution in [0.15, 0.2) is 0 Å². The van der Waals surface area contributed by atoms with E-state index in [9.17, 15) is 0 Å². The molecule has 0 heterocycles. The fourth-order valence-electron chi connectivity index (χ4n) is 1.28. The third-order valence-electron chi connectivity index (χ3n) is 2.30. The third kappa shape index (κ3) is 13.8. The Hall–Kier alpha value is -0.160. The summed E-state index contributed by atoms with van der Waals surface area (Å²) in [6.45, 7) is 11.8. The normalized spacial score (nSPS) is 12.9. The van der Waals surface area contributed by atoms with Crippen LogP contribution in [0.2, 0.25) is 0 Å². The minimum atomic E-state index is 0.178. The molecular formula is C13H29NO3. The molecule has 104 valence electrons. The molecule has 1 atom stereocenters. The Morgan fingerprint density at radius 3 is 2.47 bits per heavy atom. The first-order chi connectivity index (χ1) is 8.31. The number of hydrogen-bond acceptors (Lipinski definition) is 4. The lowest BCUT2D eigenvalue weighted by molar-refractivity contribution is -0.00223. The summed E-state index contributed by atoms with van der Waals surface area (Å²) in [7, 11) is 0. The summed E-state index contributed by atoms with van der Waals surface area (Å²) in [6, 6.07) is 0. The summed E-state index contributed by atoms with van der Waals surface area (Å²) >= 11 is 0. The summed E-state index contributed by atoms with van der Waals surface area (Å²) in [5, 5.41) is 3.28. The molecule has 0 saturated carbocycles. The molecule has 1 unspecified atom stereocenters. The molecule has 0 fully saturated rings. The summed E-state index contributed by atoms with van der Waals surface area (Å²) in [4.78, 5) is 0. The van der Waals surface area contributed by atoms with Crippen LogP contribution in [0, 0.1) is 0 Å². The average molecular weight is 247 g/mol. The largest absolute Gasteiger partial charge is 0.380 e. The molecule has 0 aliphatic carbocycles. The fraction of sp³-hybridized carbons (Fsp3) is 1.00. The van der Waals surface area contributed by atoms with Gasteiger partial charge < -0.3 is 19.5 Å². The molecule has 0 saturated heterocycles. The van der Waals surface area contributed by atoms with E-state index in [4.69, 9.17) is 14.2 Å². The van der Waals surface area contributed by atoms with E-state index in [0.29, 0.717) is 6.61 Å². The van der Waals surface area contributed by atoms with Crippen molar-refractivity contribution in [3.63, 3.8) is 0 Å². The van der Waals surface area contributed by atoms with Crippen molar-refractivity contribution in [2.45, 2.75) is 39.7 Å². The van der Waals surface area contributed by atoms with Gasteiger partial charge in [-0.3, -0.25) is 0 Å². The average Bonchev–Trinajstić information content (AvgIpc) is 2.34. The first-order valence-electron chi connectivity index (χ1n) is 6.79.